The van der Waals surface area contributed by atoms with Crippen molar-refractivity contribution < 1.29 is 22.7 Å². The second kappa shape index (κ2) is 22.6. The van der Waals surface area contributed by atoms with Crippen LogP contribution in [0, 0.1) is 0 Å². The van der Waals surface area contributed by atoms with E-state index in [4.69, 9.17) is 9.47 Å². The van der Waals surface area contributed by atoms with Gasteiger partial charge in [-0.15, -0.1) is 0 Å². The third kappa shape index (κ3) is 15.2. The molecule has 0 aliphatic heterocycles. The molecule has 1 unspecified atom stereocenters. The molecule has 0 amide bonds. The molecule has 0 spiro atoms. The minimum atomic E-state index is -3.80. The molecule has 0 saturated carbocycles. The number of hydrogen-bond acceptors (Lipinski definition) is 5. The number of carbonyl (C=O) groups is 1. The summed E-state index contributed by atoms with van der Waals surface area (Å²) in [5.41, 5.74) is 0.655. The molecule has 0 fully saturated rings. The Hall–Kier alpha value is -2.86. The Morgan fingerprint density at radius 3 is 1.55 bits per heavy atom. The average molecular weight is 625 g/mol. The molecule has 5 nitrogen and oxygen atoms in total. The fourth-order valence-electron chi connectivity index (χ4n) is 5.17. The van der Waals surface area contributed by atoms with Gasteiger partial charge in [-0.2, -0.15) is 0 Å². The molecule has 44 heavy (non-hydrogen) atoms. The van der Waals surface area contributed by atoms with Gasteiger partial charge in [-0.3, -0.25) is 0 Å². The van der Waals surface area contributed by atoms with E-state index in [1.54, 1.807) is 19.1 Å². The van der Waals surface area contributed by atoms with E-state index in [1.165, 1.54) is 108 Å². The third-order valence-electron chi connectivity index (χ3n) is 7.92. The van der Waals surface area contributed by atoms with Crippen LogP contribution < -0.4 is 4.74 Å². The lowest BCUT2D eigenvalue weighted by atomic mass is 10.0. The van der Waals surface area contributed by atoms with Crippen LogP contribution in [0.5, 0.6) is 5.75 Å². The van der Waals surface area contributed by atoms with Gasteiger partial charge in [-0.05, 0) is 48.2 Å². The number of hydrogen-bond donors (Lipinski definition) is 0. The summed E-state index contributed by atoms with van der Waals surface area (Å²) in [7, 11) is -3.80. The fraction of sp³-hybridized carbons (Fsp3) is 0.553. The van der Waals surface area contributed by atoms with Crippen LogP contribution in [0.4, 0.5) is 0 Å². The molecule has 0 heterocycles. The van der Waals surface area contributed by atoms with E-state index < -0.39 is 21.2 Å². The molecule has 0 radical (unpaired) electrons. The van der Waals surface area contributed by atoms with Gasteiger partial charge in [0.1, 0.15) is 5.75 Å². The SMILES string of the molecule is C=CC(=O)OC(CC)S(=O)(=O)c1ccc(C=Cc2ccc(OCCCCCCCCCCCCCCCCCC)cc2)cc1. The van der Waals surface area contributed by atoms with Crippen molar-refractivity contribution >= 4 is 28.0 Å². The van der Waals surface area contributed by atoms with Crippen molar-refractivity contribution in [2.45, 2.75) is 133 Å². The second-order valence-electron chi connectivity index (χ2n) is 11.6. The van der Waals surface area contributed by atoms with Crippen molar-refractivity contribution in [3.63, 3.8) is 0 Å². The Morgan fingerprint density at radius 2 is 1.11 bits per heavy atom. The number of rotatable bonds is 25. The Labute approximate surface area is 268 Å². The number of benzene rings is 2. The summed E-state index contributed by atoms with van der Waals surface area (Å²) >= 11 is 0. The molecule has 0 bridgehead atoms. The largest absolute Gasteiger partial charge is 0.494 e. The van der Waals surface area contributed by atoms with Crippen molar-refractivity contribution in [2.75, 3.05) is 6.61 Å². The highest BCUT2D eigenvalue weighted by Crippen LogP contribution is 2.22. The smallest absolute Gasteiger partial charge is 0.331 e. The molecule has 6 heteroatoms. The Kier molecular flexibility index (Phi) is 19.2. The summed E-state index contributed by atoms with van der Waals surface area (Å²) in [6.07, 6.45) is 26.8. The molecular weight excluding hydrogens is 568 g/mol. The van der Waals surface area contributed by atoms with Crippen LogP contribution >= 0.6 is 0 Å². The van der Waals surface area contributed by atoms with Gasteiger partial charge < -0.3 is 9.47 Å². The zero-order valence-corrected chi connectivity index (χ0v) is 28.1. The maximum absolute atomic E-state index is 12.8. The van der Waals surface area contributed by atoms with Crippen LogP contribution in [0.1, 0.15) is 134 Å². The van der Waals surface area contributed by atoms with Crippen LogP contribution in [0.2, 0.25) is 0 Å². The maximum atomic E-state index is 12.8. The summed E-state index contributed by atoms with van der Waals surface area (Å²) in [5.74, 6) is 0.122. The van der Waals surface area contributed by atoms with Crippen molar-refractivity contribution in [1.82, 2.24) is 0 Å². The van der Waals surface area contributed by atoms with E-state index in [1.807, 2.05) is 36.4 Å². The lowest BCUT2D eigenvalue weighted by Gasteiger charge is -2.16. The lowest BCUT2D eigenvalue weighted by Crippen LogP contribution is -2.26. The van der Waals surface area contributed by atoms with Gasteiger partial charge in [0.15, 0.2) is 0 Å². The van der Waals surface area contributed by atoms with Gasteiger partial charge in [0, 0.05) is 6.08 Å². The van der Waals surface area contributed by atoms with Gasteiger partial charge in [0.2, 0.25) is 15.3 Å². The molecule has 2 aromatic carbocycles. The first kappa shape index (κ1) is 37.3. The summed E-state index contributed by atoms with van der Waals surface area (Å²) in [4.78, 5) is 11.6. The van der Waals surface area contributed by atoms with Crippen molar-refractivity contribution in [1.29, 1.82) is 0 Å². The molecule has 0 saturated heterocycles. The van der Waals surface area contributed by atoms with Gasteiger partial charge in [0.25, 0.3) is 0 Å². The van der Waals surface area contributed by atoms with Crippen LogP contribution in [-0.2, 0) is 19.4 Å². The zero-order valence-electron chi connectivity index (χ0n) is 27.3. The molecule has 0 aliphatic rings. The topological polar surface area (TPSA) is 69.7 Å². The van der Waals surface area contributed by atoms with Gasteiger partial charge in [-0.25, -0.2) is 13.2 Å². The minimum Gasteiger partial charge on any atom is -0.494 e. The molecule has 244 valence electrons. The predicted octanol–water partition coefficient (Wildman–Crippen LogP) is 10.7. The zero-order chi connectivity index (χ0) is 31.9. The lowest BCUT2D eigenvalue weighted by molar-refractivity contribution is -0.139. The molecule has 1 atom stereocenters. The van der Waals surface area contributed by atoms with Crippen LogP contribution in [0.25, 0.3) is 12.2 Å². The van der Waals surface area contributed by atoms with E-state index >= 15 is 0 Å². The highest BCUT2D eigenvalue weighted by Gasteiger charge is 2.28. The van der Waals surface area contributed by atoms with E-state index in [-0.39, 0.29) is 11.3 Å². The maximum Gasteiger partial charge on any atom is 0.331 e. The molecule has 2 rings (SSSR count). The predicted molar refractivity (Wildman–Crippen MR) is 184 cm³/mol. The Balaban J connectivity index is 1.58. The van der Waals surface area contributed by atoms with E-state index in [0.717, 1.165) is 36.0 Å². The van der Waals surface area contributed by atoms with E-state index in [0.29, 0.717) is 0 Å². The first-order valence-electron chi connectivity index (χ1n) is 17.0. The minimum absolute atomic E-state index is 0.115. The standard InChI is InChI=1S/C38H56O5S/c1-4-7-8-9-10-11-12-13-14-15-16-17-18-19-20-21-32-42-35-28-24-33(25-29-35)22-23-34-26-30-36(31-27-34)44(40,41)38(6-3)43-37(39)5-2/h5,22-31,38H,2,4,6-21,32H2,1,3H3. The summed E-state index contributed by atoms with van der Waals surface area (Å²) in [5, 5.41) is 0. The number of unbranched alkanes of at least 4 members (excludes halogenated alkanes) is 15. The number of carbonyl (C=O) groups excluding carboxylic acids is 1. The normalized spacial score (nSPS) is 12.3. The Bertz CT molecular complexity index is 1180. The first-order valence-corrected chi connectivity index (χ1v) is 18.5. The number of ether oxygens (including phenoxy) is 2. The highest BCUT2D eigenvalue weighted by atomic mass is 32.2. The molecule has 2 aromatic rings. The van der Waals surface area contributed by atoms with Gasteiger partial charge >= 0.3 is 5.97 Å². The summed E-state index contributed by atoms with van der Waals surface area (Å²) in [6.45, 7) is 8.01. The van der Waals surface area contributed by atoms with E-state index in [9.17, 15) is 13.2 Å². The monoisotopic (exact) mass is 624 g/mol. The fourth-order valence-corrected chi connectivity index (χ4v) is 6.65. The van der Waals surface area contributed by atoms with Crippen molar-refractivity contribution in [2.24, 2.45) is 0 Å². The number of esters is 1. The third-order valence-corrected chi connectivity index (χ3v) is 9.97. The Morgan fingerprint density at radius 1 is 0.682 bits per heavy atom. The van der Waals surface area contributed by atoms with Crippen molar-refractivity contribution in [3.8, 4) is 5.75 Å². The summed E-state index contributed by atoms with van der Waals surface area (Å²) < 4.78 is 36.6. The molecular formula is C38H56O5S. The van der Waals surface area contributed by atoms with Gasteiger partial charge in [-0.1, -0.05) is 153 Å². The number of sulfone groups is 1. The molecule has 0 N–H and O–H groups in total. The first-order chi connectivity index (χ1) is 21.4. The quantitative estimate of drug-likeness (QED) is 0.0476. The van der Waals surface area contributed by atoms with Crippen molar-refractivity contribution in [3.05, 3.63) is 72.3 Å². The summed E-state index contributed by atoms with van der Waals surface area (Å²) in [6, 6.07) is 14.5. The van der Waals surface area contributed by atoms with Gasteiger partial charge in [0.05, 0.1) is 11.5 Å². The highest BCUT2D eigenvalue weighted by molar-refractivity contribution is 7.92. The van der Waals surface area contributed by atoms with Crippen LogP contribution in [-0.4, -0.2) is 26.4 Å². The van der Waals surface area contributed by atoms with Crippen LogP contribution in [0.15, 0.2) is 66.1 Å². The van der Waals surface area contributed by atoms with Crippen LogP contribution in [0.3, 0.4) is 0 Å². The van der Waals surface area contributed by atoms with E-state index in [2.05, 4.69) is 13.5 Å². The molecule has 0 aromatic heterocycles. The molecule has 0 aliphatic carbocycles. The average Bonchev–Trinajstić information content (AvgIpc) is 3.04. The second-order valence-corrected chi connectivity index (χ2v) is 13.7.